The molecule has 0 bridgehead atoms. The van der Waals surface area contributed by atoms with E-state index >= 15 is 0 Å². The lowest BCUT2D eigenvalue weighted by molar-refractivity contribution is -0.119. The van der Waals surface area contributed by atoms with Gasteiger partial charge in [-0.3, -0.25) is 4.79 Å². The average Bonchev–Trinajstić information content (AvgIpc) is 2.59. The molecule has 1 rings (SSSR count). The molecule has 0 spiro atoms. The second kappa shape index (κ2) is 14.6. The number of rotatable bonds is 10. The third-order valence-electron chi connectivity index (χ3n) is 3.33. The van der Waals surface area contributed by atoms with Crippen molar-refractivity contribution in [3.63, 3.8) is 0 Å². The minimum absolute atomic E-state index is 0. The maximum Gasteiger partial charge on any atom is 0.241 e. The Morgan fingerprint density at radius 2 is 1.96 bits per heavy atom. The van der Waals surface area contributed by atoms with Crippen LogP contribution < -0.4 is 20.7 Å². The highest BCUT2D eigenvalue weighted by atomic mass is 127. The number of nitrogens with zero attached hydrogens (tertiary/aromatic N) is 1. The number of carbonyl (C=O) groups is 1. The molecule has 3 N–H and O–H groups in total. The summed E-state index contributed by atoms with van der Waals surface area (Å²) in [5.41, 5.74) is 1.10. The molecule has 1 aromatic rings. The van der Waals surface area contributed by atoms with Crippen LogP contribution >= 0.6 is 24.0 Å². The Morgan fingerprint density at radius 1 is 1.23 bits per heavy atom. The number of amides is 1. The van der Waals surface area contributed by atoms with Gasteiger partial charge >= 0.3 is 0 Å². The lowest BCUT2D eigenvalue weighted by Crippen LogP contribution is -2.42. The first kappa shape index (κ1) is 24.5. The molecule has 0 fully saturated rings. The van der Waals surface area contributed by atoms with E-state index in [1.807, 2.05) is 45.0 Å². The molecular weight excluding hydrogens is 447 g/mol. The Hall–Kier alpha value is -1.55. The van der Waals surface area contributed by atoms with E-state index in [1.54, 1.807) is 7.11 Å². The van der Waals surface area contributed by atoms with Crippen LogP contribution in [0, 0.1) is 6.92 Å². The lowest BCUT2D eigenvalue weighted by Gasteiger charge is -2.18. The molecule has 148 valence electrons. The smallest absolute Gasteiger partial charge is 0.241 e. The molecule has 1 aromatic carbocycles. The number of halogens is 1. The summed E-state index contributed by atoms with van der Waals surface area (Å²) in [7, 11) is 1.59. The average molecular weight is 478 g/mol. The predicted octanol–water partition coefficient (Wildman–Crippen LogP) is 1.70. The maximum atomic E-state index is 11.7. The zero-order valence-corrected chi connectivity index (χ0v) is 18.3. The molecule has 1 unspecified atom stereocenters. The SMILES string of the molecule is CCNC(=NCC(=O)NCCOC)NCC(C)Oc1ccccc1C.I. The van der Waals surface area contributed by atoms with Crippen LogP contribution in [0.25, 0.3) is 0 Å². The van der Waals surface area contributed by atoms with Gasteiger partial charge in [0.15, 0.2) is 5.96 Å². The van der Waals surface area contributed by atoms with Crippen LogP contribution in [-0.2, 0) is 9.53 Å². The van der Waals surface area contributed by atoms with E-state index in [0.29, 0.717) is 32.2 Å². The number of aryl methyl sites for hydroxylation is 1. The minimum Gasteiger partial charge on any atom is -0.489 e. The van der Waals surface area contributed by atoms with Crippen LogP contribution in [0.1, 0.15) is 19.4 Å². The molecule has 0 aliphatic heterocycles. The fraction of sp³-hybridized carbons (Fsp3) is 0.556. The van der Waals surface area contributed by atoms with Crippen LogP contribution in [0.15, 0.2) is 29.3 Å². The number of methoxy groups -OCH3 is 1. The fourth-order valence-corrected chi connectivity index (χ4v) is 2.03. The summed E-state index contributed by atoms with van der Waals surface area (Å²) in [6.45, 7) is 8.30. The zero-order chi connectivity index (χ0) is 18.5. The number of hydrogen-bond donors (Lipinski definition) is 3. The Bertz CT molecular complexity index is 555. The molecule has 8 heteroatoms. The number of hydrogen-bond acceptors (Lipinski definition) is 4. The first-order valence-corrected chi connectivity index (χ1v) is 8.56. The highest BCUT2D eigenvalue weighted by Crippen LogP contribution is 2.17. The van der Waals surface area contributed by atoms with Gasteiger partial charge in [-0.05, 0) is 32.4 Å². The molecule has 1 atom stereocenters. The van der Waals surface area contributed by atoms with Gasteiger partial charge < -0.3 is 25.4 Å². The van der Waals surface area contributed by atoms with Crippen molar-refractivity contribution in [1.82, 2.24) is 16.0 Å². The third kappa shape index (κ3) is 10.4. The number of para-hydroxylation sites is 1. The number of carbonyl (C=O) groups excluding carboxylic acids is 1. The summed E-state index contributed by atoms with van der Waals surface area (Å²) in [5.74, 6) is 1.32. The van der Waals surface area contributed by atoms with E-state index in [-0.39, 0.29) is 42.5 Å². The minimum atomic E-state index is -0.140. The summed E-state index contributed by atoms with van der Waals surface area (Å²) in [6.07, 6.45) is -0.0412. The Kier molecular flexibility index (Phi) is 13.7. The summed E-state index contributed by atoms with van der Waals surface area (Å²) in [6, 6.07) is 7.91. The van der Waals surface area contributed by atoms with Gasteiger partial charge in [0.2, 0.25) is 5.91 Å². The van der Waals surface area contributed by atoms with Gasteiger partial charge in [0.1, 0.15) is 18.4 Å². The van der Waals surface area contributed by atoms with Crippen LogP contribution in [-0.4, -0.2) is 57.9 Å². The molecule has 0 aliphatic carbocycles. The molecular formula is C18H31IN4O3. The van der Waals surface area contributed by atoms with E-state index in [2.05, 4.69) is 20.9 Å². The fourth-order valence-electron chi connectivity index (χ4n) is 2.03. The van der Waals surface area contributed by atoms with Crippen LogP contribution in [0.4, 0.5) is 0 Å². The second-order valence-corrected chi connectivity index (χ2v) is 5.61. The van der Waals surface area contributed by atoms with Gasteiger partial charge in [-0.2, -0.15) is 0 Å². The van der Waals surface area contributed by atoms with Crippen LogP contribution in [0.2, 0.25) is 0 Å². The van der Waals surface area contributed by atoms with Crippen LogP contribution in [0.3, 0.4) is 0 Å². The molecule has 1 amide bonds. The van der Waals surface area contributed by atoms with E-state index in [1.165, 1.54) is 0 Å². The molecule has 0 aromatic heterocycles. The van der Waals surface area contributed by atoms with Crippen LogP contribution in [0.5, 0.6) is 5.75 Å². The van der Waals surface area contributed by atoms with E-state index in [0.717, 1.165) is 11.3 Å². The highest BCUT2D eigenvalue weighted by molar-refractivity contribution is 14.0. The molecule has 0 saturated carbocycles. The highest BCUT2D eigenvalue weighted by Gasteiger charge is 2.08. The summed E-state index contributed by atoms with van der Waals surface area (Å²) in [5, 5.41) is 9.04. The zero-order valence-electron chi connectivity index (χ0n) is 16.0. The molecule has 0 heterocycles. The number of aliphatic imine (C=N–C) groups is 1. The molecule has 26 heavy (non-hydrogen) atoms. The van der Waals surface area contributed by atoms with Gasteiger partial charge in [-0.25, -0.2) is 4.99 Å². The van der Waals surface area contributed by atoms with Crippen molar-refractivity contribution in [2.24, 2.45) is 4.99 Å². The number of benzene rings is 1. The van der Waals surface area contributed by atoms with Crippen molar-refractivity contribution >= 4 is 35.8 Å². The standard InChI is InChI=1S/C18H30N4O3.HI/c1-5-19-18(22-13-17(23)20-10-11-24-4)21-12-15(3)25-16-9-7-6-8-14(16)2;/h6-9,15H,5,10-13H2,1-4H3,(H,20,23)(H2,19,21,22);1H. The summed E-state index contributed by atoms with van der Waals surface area (Å²) in [4.78, 5) is 16.0. The lowest BCUT2D eigenvalue weighted by atomic mass is 10.2. The van der Waals surface area contributed by atoms with Gasteiger partial charge in [-0.15, -0.1) is 24.0 Å². The van der Waals surface area contributed by atoms with Crippen molar-refractivity contribution in [1.29, 1.82) is 0 Å². The maximum absolute atomic E-state index is 11.7. The number of guanidine groups is 1. The summed E-state index contributed by atoms with van der Waals surface area (Å²) >= 11 is 0. The molecule has 0 radical (unpaired) electrons. The van der Waals surface area contributed by atoms with Crippen molar-refractivity contribution in [2.45, 2.75) is 26.9 Å². The monoisotopic (exact) mass is 478 g/mol. The van der Waals surface area contributed by atoms with Gasteiger partial charge in [0, 0.05) is 20.2 Å². The van der Waals surface area contributed by atoms with Gasteiger partial charge in [0.25, 0.3) is 0 Å². The van der Waals surface area contributed by atoms with Crippen molar-refractivity contribution in [3.8, 4) is 5.75 Å². The Balaban J connectivity index is 0.00000625. The van der Waals surface area contributed by atoms with Crippen molar-refractivity contribution < 1.29 is 14.3 Å². The van der Waals surface area contributed by atoms with Crippen molar-refractivity contribution in [3.05, 3.63) is 29.8 Å². The van der Waals surface area contributed by atoms with Crippen molar-refractivity contribution in [2.75, 3.05) is 39.9 Å². The van der Waals surface area contributed by atoms with Gasteiger partial charge in [-0.1, -0.05) is 18.2 Å². The third-order valence-corrected chi connectivity index (χ3v) is 3.33. The molecule has 0 saturated heterocycles. The van der Waals surface area contributed by atoms with E-state index in [4.69, 9.17) is 9.47 Å². The van der Waals surface area contributed by atoms with Gasteiger partial charge in [0.05, 0.1) is 13.2 Å². The quantitative estimate of drug-likeness (QED) is 0.206. The molecule has 7 nitrogen and oxygen atoms in total. The Morgan fingerprint density at radius 3 is 2.62 bits per heavy atom. The largest absolute Gasteiger partial charge is 0.489 e. The number of ether oxygens (including phenoxy) is 2. The molecule has 0 aliphatic rings. The summed E-state index contributed by atoms with van der Waals surface area (Å²) < 4.78 is 10.8. The second-order valence-electron chi connectivity index (χ2n) is 5.61. The van der Waals surface area contributed by atoms with E-state index < -0.39 is 0 Å². The van der Waals surface area contributed by atoms with E-state index in [9.17, 15) is 4.79 Å². The normalized spacial score (nSPS) is 11.9. The first-order valence-electron chi connectivity index (χ1n) is 8.56. The Labute approximate surface area is 173 Å². The first-order chi connectivity index (χ1) is 12.1. The topological polar surface area (TPSA) is 84.0 Å². The number of nitrogens with one attached hydrogen (secondary N) is 3. The predicted molar refractivity (Wildman–Crippen MR) is 116 cm³/mol.